The number of benzene rings is 1. The van der Waals surface area contributed by atoms with Crippen LogP contribution >= 0.6 is 24.0 Å². The Morgan fingerprint density at radius 3 is 2.32 bits per heavy atom. The van der Waals surface area contributed by atoms with Crippen LogP contribution in [0, 0.1) is 5.82 Å². The van der Waals surface area contributed by atoms with Gasteiger partial charge < -0.3 is 25.2 Å². The molecule has 1 aliphatic rings. The van der Waals surface area contributed by atoms with Crippen LogP contribution in [0.1, 0.15) is 20.8 Å². The Balaban J connectivity index is 0.00000392. The van der Waals surface area contributed by atoms with Crippen molar-refractivity contribution < 1.29 is 13.9 Å². The van der Waals surface area contributed by atoms with Gasteiger partial charge in [0, 0.05) is 46.3 Å². The van der Waals surface area contributed by atoms with Gasteiger partial charge in [0.05, 0.1) is 5.69 Å². The molecule has 1 aromatic rings. The second-order valence-electron chi connectivity index (χ2n) is 7.33. The van der Waals surface area contributed by atoms with E-state index in [9.17, 15) is 9.18 Å². The molecule has 0 atom stereocenters. The molecule has 1 saturated heterocycles. The van der Waals surface area contributed by atoms with E-state index in [1.807, 2.05) is 31.7 Å². The molecule has 1 aromatic carbocycles. The van der Waals surface area contributed by atoms with E-state index in [1.54, 1.807) is 19.2 Å². The summed E-state index contributed by atoms with van der Waals surface area (Å²) in [7, 11) is 1.73. The number of guanidine groups is 1. The molecule has 2 N–H and O–H groups in total. The van der Waals surface area contributed by atoms with E-state index in [4.69, 9.17) is 4.74 Å². The second kappa shape index (κ2) is 11.3. The monoisotopic (exact) mass is 507 g/mol. The third-order valence-electron chi connectivity index (χ3n) is 4.06. The fourth-order valence-electron chi connectivity index (χ4n) is 2.85. The summed E-state index contributed by atoms with van der Waals surface area (Å²) in [5.74, 6) is 0.579. The van der Waals surface area contributed by atoms with Gasteiger partial charge in [-0.05, 0) is 32.9 Å². The number of rotatable bonds is 4. The highest BCUT2D eigenvalue weighted by molar-refractivity contribution is 14.0. The fourth-order valence-corrected chi connectivity index (χ4v) is 2.85. The van der Waals surface area contributed by atoms with E-state index in [-0.39, 0.29) is 29.8 Å². The van der Waals surface area contributed by atoms with Gasteiger partial charge in [-0.25, -0.2) is 9.18 Å². The second-order valence-corrected chi connectivity index (χ2v) is 7.33. The van der Waals surface area contributed by atoms with E-state index in [1.165, 1.54) is 6.07 Å². The summed E-state index contributed by atoms with van der Waals surface area (Å²) in [6.45, 7) is 9.38. The number of amides is 1. The van der Waals surface area contributed by atoms with Gasteiger partial charge in [-0.2, -0.15) is 0 Å². The van der Waals surface area contributed by atoms with Crippen LogP contribution in [0.2, 0.25) is 0 Å². The summed E-state index contributed by atoms with van der Waals surface area (Å²) < 4.78 is 19.1. The average Bonchev–Trinajstić information content (AvgIpc) is 2.61. The Kier molecular flexibility index (Phi) is 9.77. The normalized spacial score (nSPS) is 15.0. The Hall–Kier alpha value is -1.78. The molecule has 0 saturated carbocycles. The molecule has 0 aromatic heterocycles. The fraction of sp³-hybridized carbons (Fsp3) is 0.579. The number of alkyl carbamates (subject to hydrolysis) is 1. The van der Waals surface area contributed by atoms with Gasteiger partial charge in [-0.15, -0.1) is 24.0 Å². The minimum Gasteiger partial charge on any atom is -0.444 e. The maximum atomic E-state index is 13.9. The highest BCUT2D eigenvalue weighted by Gasteiger charge is 2.21. The quantitative estimate of drug-likeness (QED) is 0.284. The lowest BCUT2D eigenvalue weighted by atomic mass is 10.2. The third kappa shape index (κ3) is 7.69. The van der Waals surface area contributed by atoms with E-state index in [2.05, 4.69) is 20.5 Å². The Labute approximate surface area is 183 Å². The molecule has 1 fully saturated rings. The highest BCUT2D eigenvalue weighted by atomic mass is 127. The van der Waals surface area contributed by atoms with Crippen LogP contribution in [0.5, 0.6) is 0 Å². The van der Waals surface area contributed by atoms with Gasteiger partial charge in [0.1, 0.15) is 11.4 Å². The van der Waals surface area contributed by atoms with Crippen molar-refractivity contribution in [3.63, 3.8) is 0 Å². The highest BCUT2D eigenvalue weighted by Crippen LogP contribution is 2.20. The largest absolute Gasteiger partial charge is 0.444 e. The first-order chi connectivity index (χ1) is 12.8. The number of nitrogens with zero attached hydrogens (tertiary/aromatic N) is 3. The molecule has 7 nitrogen and oxygen atoms in total. The molecule has 1 heterocycles. The molecule has 0 radical (unpaired) electrons. The van der Waals surface area contributed by atoms with Gasteiger partial charge in [-0.3, -0.25) is 4.99 Å². The van der Waals surface area contributed by atoms with Crippen LogP contribution in [-0.2, 0) is 4.74 Å². The molecule has 158 valence electrons. The van der Waals surface area contributed by atoms with Gasteiger partial charge in [0.25, 0.3) is 0 Å². The topological polar surface area (TPSA) is 69.2 Å². The van der Waals surface area contributed by atoms with Gasteiger partial charge in [0.2, 0.25) is 0 Å². The predicted molar refractivity (Wildman–Crippen MR) is 121 cm³/mol. The van der Waals surface area contributed by atoms with Crippen molar-refractivity contribution in [1.82, 2.24) is 15.5 Å². The molecule has 9 heteroatoms. The van der Waals surface area contributed by atoms with E-state index in [0.717, 1.165) is 32.1 Å². The molecule has 2 rings (SSSR count). The maximum absolute atomic E-state index is 13.9. The van der Waals surface area contributed by atoms with Crippen molar-refractivity contribution in [3.8, 4) is 0 Å². The first-order valence-electron chi connectivity index (χ1n) is 9.22. The number of hydrogen-bond donors (Lipinski definition) is 2. The predicted octanol–water partition coefficient (Wildman–Crippen LogP) is 2.67. The summed E-state index contributed by atoms with van der Waals surface area (Å²) >= 11 is 0. The number of para-hydroxylation sites is 1. The number of nitrogens with one attached hydrogen (secondary N) is 2. The molecular formula is C19H31FIN5O2. The number of carbonyl (C=O) groups is 1. The molecule has 28 heavy (non-hydrogen) atoms. The van der Waals surface area contributed by atoms with Crippen LogP contribution in [0.4, 0.5) is 14.9 Å². The molecule has 0 aliphatic carbocycles. The smallest absolute Gasteiger partial charge is 0.407 e. The Morgan fingerprint density at radius 2 is 1.75 bits per heavy atom. The molecular weight excluding hydrogens is 476 g/mol. The summed E-state index contributed by atoms with van der Waals surface area (Å²) in [6.07, 6.45) is -0.433. The van der Waals surface area contributed by atoms with E-state index < -0.39 is 11.7 Å². The van der Waals surface area contributed by atoms with Crippen molar-refractivity contribution in [2.45, 2.75) is 26.4 Å². The van der Waals surface area contributed by atoms with Crippen LogP contribution in [0.3, 0.4) is 0 Å². The van der Waals surface area contributed by atoms with Crippen molar-refractivity contribution in [2.24, 2.45) is 4.99 Å². The number of aliphatic imine (C=N–C) groups is 1. The standard InChI is InChI=1S/C19H30FN5O2.HI/c1-19(2,3)27-18(26)23-10-9-22-17(21-4)25-13-11-24(12-14-25)16-8-6-5-7-15(16)20;/h5-8H,9-14H2,1-4H3,(H,21,22)(H,23,26);1H. The van der Waals surface area contributed by atoms with Crippen LogP contribution < -0.4 is 15.5 Å². The van der Waals surface area contributed by atoms with Crippen molar-refractivity contribution >= 4 is 41.7 Å². The molecule has 0 spiro atoms. The van der Waals surface area contributed by atoms with Crippen molar-refractivity contribution in [2.75, 3.05) is 51.2 Å². The lowest BCUT2D eigenvalue weighted by Gasteiger charge is -2.37. The van der Waals surface area contributed by atoms with Gasteiger partial charge in [-0.1, -0.05) is 12.1 Å². The zero-order valence-electron chi connectivity index (χ0n) is 17.0. The summed E-state index contributed by atoms with van der Waals surface area (Å²) in [4.78, 5) is 20.1. The summed E-state index contributed by atoms with van der Waals surface area (Å²) in [6, 6.07) is 6.84. The van der Waals surface area contributed by atoms with Gasteiger partial charge in [0.15, 0.2) is 5.96 Å². The average molecular weight is 507 g/mol. The van der Waals surface area contributed by atoms with Crippen molar-refractivity contribution in [3.05, 3.63) is 30.1 Å². The lowest BCUT2D eigenvalue weighted by Crippen LogP contribution is -2.53. The van der Waals surface area contributed by atoms with Crippen LogP contribution in [0.15, 0.2) is 29.3 Å². The van der Waals surface area contributed by atoms with Crippen molar-refractivity contribution in [1.29, 1.82) is 0 Å². The van der Waals surface area contributed by atoms with Crippen LogP contribution in [-0.4, -0.2) is 68.9 Å². The van der Waals surface area contributed by atoms with E-state index >= 15 is 0 Å². The first kappa shape index (κ1) is 24.3. The molecule has 0 bridgehead atoms. The zero-order valence-corrected chi connectivity index (χ0v) is 19.3. The van der Waals surface area contributed by atoms with Crippen LogP contribution in [0.25, 0.3) is 0 Å². The number of halogens is 2. The number of ether oxygens (including phenoxy) is 1. The summed E-state index contributed by atoms with van der Waals surface area (Å²) in [5, 5.41) is 5.95. The zero-order chi connectivity index (χ0) is 19.9. The van der Waals surface area contributed by atoms with Gasteiger partial charge >= 0.3 is 6.09 Å². The number of carbonyl (C=O) groups excluding carboxylic acids is 1. The van der Waals surface area contributed by atoms with E-state index in [0.29, 0.717) is 18.8 Å². The molecule has 1 aliphatic heterocycles. The SMILES string of the molecule is CN=C(NCCNC(=O)OC(C)(C)C)N1CCN(c2ccccc2F)CC1.I. The minimum atomic E-state index is -0.508. The molecule has 0 unspecified atom stereocenters. The summed E-state index contributed by atoms with van der Waals surface area (Å²) in [5.41, 5.74) is 0.132. The Morgan fingerprint density at radius 1 is 1.14 bits per heavy atom. The number of hydrogen-bond acceptors (Lipinski definition) is 4. The number of piperazine rings is 1. The first-order valence-corrected chi connectivity index (χ1v) is 9.22. The molecule has 1 amide bonds. The lowest BCUT2D eigenvalue weighted by molar-refractivity contribution is 0.0529. The Bertz CT molecular complexity index is 658. The number of anilines is 1. The minimum absolute atomic E-state index is 0. The maximum Gasteiger partial charge on any atom is 0.407 e. The third-order valence-corrected chi connectivity index (χ3v) is 4.06.